The van der Waals surface area contributed by atoms with Gasteiger partial charge in [0.1, 0.15) is 18.1 Å². The predicted octanol–water partition coefficient (Wildman–Crippen LogP) is 3.95. The summed E-state index contributed by atoms with van der Waals surface area (Å²) in [5.41, 5.74) is 3.30. The van der Waals surface area contributed by atoms with E-state index in [1.165, 1.54) is 11.5 Å². The van der Waals surface area contributed by atoms with Crippen molar-refractivity contribution in [3.63, 3.8) is 0 Å². The Morgan fingerprint density at radius 2 is 1.88 bits per heavy atom. The first-order valence-corrected chi connectivity index (χ1v) is 8.10. The van der Waals surface area contributed by atoms with Crippen molar-refractivity contribution in [3.8, 4) is 11.5 Å². The van der Waals surface area contributed by atoms with Gasteiger partial charge in [0.05, 0.1) is 7.11 Å². The zero-order chi connectivity index (χ0) is 18.4. The summed E-state index contributed by atoms with van der Waals surface area (Å²) in [5, 5.41) is 10.9. The molecular weight excluding hydrogens is 330 g/mol. The van der Waals surface area contributed by atoms with Crippen LogP contribution < -0.4 is 15.0 Å². The molecule has 3 aromatic rings. The largest absolute Gasteiger partial charge is 0.497 e. The summed E-state index contributed by atoms with van der Waals surface area (Å²) in [6.45, 7) is 0.380. The third-order valence-electron chi connectivity index (χ3n) is 3.95. The van der Waals surface area contributed by atoms with Crippen LogP contribution >= 0.6 is 0 Å². The Kier molecular flexibility index (Phi) is 5.51. The predicted molar refractivity (Wildman–Crippen MR) is 100 cm³/mol. The summed E-state index contributed by atoms with van der Waals surface area (Å²) in [6.07, 6.45) is 2.80. The SMILES string of the molecule is COc1ccc(/C=C/C(=O)NO)c(OCc2ccc3ccccc3c2)c1. The normalized spacial score (nSPS) is 10.8. The Labute approximate surface area is 151 Å². The van der Waals surface area contributed by atoms with Gasteiger partial charge in [-0.2, -0.15) is 0 Å². The highest BCUT2D eigenvalue weighted by Crippen LogP contribution is 2.27. The van der Waals surface area contributed by atoms with Gasteiger partial charge in [-0.3, -0.25) is 10.0 Å². The van der Waals surface area contributed by atoms with E-state index in [-0.39, 0.29) is 0 Å². The van der Waals surface area contributed by atoms with Gasteiger partial charge in [0.25, 0.3) is 5.91 Å². The molecule has 3 rings (SSSR count). The van der Waals surface area contributed by atoms with Crippen LogP contribution in [0.15, 0.2) is 66.7 Å². The van der Waals surface area contributed by atoms with Crippen LogP contribution in [0.5, 0.6) is 11.5 Å². The van der Waals surface area contributed by atoms with Crippen molar-refractivity contribution in [2.45, 2.75) is 6.61 Å². The van der Waals surface area contributed by atoms with Crippen molar-refractivity contribution >= 4 is 22.8 Å². The Morgan fingerprint density at radius 1 is 1.08 bits per heavy atom. The van der Waals surface area contributed by atoms with E-state index in [4.69, 9.17) is 14.7 Å². The van der Waals surface area contributed by atoms with Crippen molar-refractivity contribution in [2.24, 2.45) is 0 Å². The van der Waals surface area contributed by atoms with Crippen LogP contribution in [-0.2, 0) is 11.4 Å². The highest BCUT2D eigenvalue weighted by molar-refractivity contribution is 5.91. The van der Waals surface area contributed by atoms with Gasteiger partial charge in [-0.25, -0.2) is 5.48 Å². The number of methoxy groups -OCH3 is 1. The molecule has 0 aliphatic carbocycles. The molecule has 0 aliphatic rings. The maximum absolute atomic E-state index is 11.2. The molecule has 0 aromatic heterocycles. The van der Waals surface area contributed by atoms with Crippen LogP contribution in [-0.4, -0.2) is 18.2 Å². The number of benzene rings is 3. The Morgan fingerprint density at radius 3 is 2.65 bits per heavy atom. The van der Waals surface area contributed by atoms with Gasteiger partial charge in [0.2, 0.25) is 0 Å². The van der Waals surface area contributed by atoms with Gasteiger partial charge >= 0.3 is 0 Å². The van der Waals surface area contributed by atoms with E-state index in [9.17, 15) is 4.79 Å². The van der Waals surface area contributed by atoms with E-state index in [2.05, 4.69) is 24.3 Å². The summed E-state index contributed by atoms with van der Waals surface area (Å²) in [4.78, 5) is 11.2. The summed E-state index contributed by atoms with van der Waals surface area (Å²) in [7, 11) is 1.58. The quantitative estimate of drug-likeness (QED) is 0.402. The third kappa shape index (κ3) is 4.20. The van der Waals surface area contributed by atoms with Gasteiger partial charge in [-0.1, -0.05) is 36.4 Å². The summed E-state index contributed by atoms with van der Waals surface area (Å²) in [5.74, 6) is 0.628. The molecule has 26 heavy (non-hydrogen) atoms. The molecule has 3 aromatic carbocycles. The molecule has 132 valence electrons. The number of carbonyl (C=O) groups is 1. The minimum atomic E-state index is -0.610. The number of rotatable bonds is 6. The smallest absolute Gasteiger partial charge is 0.267 e. The van der Waals surface area contributed by atoms with Gasteiger partial charge in [-0.05, 0) is 40.6 Å². The molecular formula is C21H19NO4. The Balaban J connectivity index is 1.82. The molecule has 0 radical (unpaired) electrons. The monoisotopic (exact) mass is 349 g/mol. The first-order chi connectivity index (χ1) is 12.7. The standard InChI is InChI=1S/C21H19NO4/c1-25-19-10-8-17(9-11-21(23)22-24)20(13-19)26-14-15-6-7-16-4-2-3-5-18(16)12-15/h2-13,24H,14H2,1H3,(H,22,23)/b11-9+. The second-order valence-electron chi connectivity index (χ2n) is 5.68. The molecule has 0 fully saturated rings. The molecule has 0 bridgehead atoms. The summed E-state index contributed by atoms with van der Waals surface area (Å²) >= 11 is 0. The van der Waals surface area contributed by atoms with Crippen LogP contribution in [0, 0.1) is 0 Å². The molecule has 0 heterocycles. The summed E-state index contributed by atoms with van der Waals surface area (Å²) < 4.78 is 11.2. The number of carbonyl (C=O) groups excluding carboxylic acids is 1. The number of ether oxygens (including phenoxy) is 2. The van der Waals surface area contributed by atoms with Crippen LogP contribution in [0.2, 0.25) is 0 Å². The molecule has 0 aliphatic heterocycles. The molecule has 5 nitrogen and oxygen atoms in total. The fraction of sp³-hybridized carbons (Fsp3) is 0.0952. The van der Waals surface area contributed by atoms with Crippen LogP contribution in [0.4, 0.5) is 0 Å². The van der Waals surface area contributed by atoms with Gasteiger partial charge in [0, 0.05) is 17.7 Å². The van der Waals surface area contributed by atoms with Gasteiger partial charge in [-0.15, -0.1) is 0 Å². The van der Waals surface area contributed by atoms with Gasteiger partial charge < -0.3 is 9.47 Å². The highest BCUT2D eigenvalue weighted by atomic mass is 16.5. The van der Waals surface area contributed by atoms with Crippen molar-refractivity contribution < 1.29 is 19.5 Å². The number of fused-ring (bicyclic) bond motifs is 1. The minimum Gasteiger partial charge on any atom is -0.497 e. The van der Waals surface area contributed by atoms with E-state index in [0.717, 1.165) is 10.9 Å². The number of hydrogen-bond acceptors (Lipinski definition) is 4. The lowest BCUT2D eigenvalue weighted by Crippen LogP contribution is -2.14. The molecule has 2 N–H and O–H groups in total. The average Bonchev–Trinajstić information content (AvgIpc) is 2.70. The van der Waals surface area contributed by atoms with Crippen molar-refractivity contribution in [1.29, 1.82) is 0 Å². The average molecular weight is 349 g/mol. The third-order valence-corrected chi connectivity index (χ3v) is 3.95. The Hall–Kier alpha value is -3.31. The zero-order valence-corrected chi connectivity index (χ0v) is 14.3. The number of nitrogens with one attached hydrogen (secondary N) is 1. The molecule has 0 spiro atoms. The number of hydroxylamine groups is 1. The molecule has 0 saturated carbocycles. The first-order valence-electron chi connectivity index (χ1n) is 8.10. The van der Waals surface area contributed by atoms with Gasteiger partial charge in [0.15, 0.2) is 0 Å². The maximum Gasteiger partial charge on any atom is 0.267 e. The lowest BCUT2D eigenvalue weighted by molar-refractivity contribution is -0.124. The Bertz CT molecular complexity index is 950. The first kappa shape index (κ1) is 17.5. The lowest BCUT2D eigenvalue weighted by Gasteiger charge is -2.12. The molecule has 5 heteroatoms. The molecule has 0 atom stereocenters. The van der Waals surface area contributed by atoms with E-state index in [1.54, 1.807) is 36.9 Å². The maximum atomic E-state index is 11.2. The fourth-order valence-electron chi connectivity index (χ4n) is 2.60. The lowest BCUT2D eigenvalue weighted by atomic mass is 10.1. The topological polar surface area (TPSA) is 67.8 Å². The molecule has 1 amide bonds. The fourth-order valence-corrected chi connectivity index (χ4v) is 2.60. The molecule has 0 saturated heterocycles. The molecule has 0 unspecified atom stereocenters. The van der Waals surface area contributed by atoms with Crippen LogP contribution in [0.25, 0.3) is 16.8 Å². The van der Waals surface area contributed by atoms with E-state index in [1.807, 2.05) is 18.2 Å². The number of amides is 1. The van der Waals surface area contributed by atoms with E-state index in [0.29, 0.717) is 23.7 Å². The van der Waals surface area contributed by atoms with Crippen LogP contribution in [0.1, 0.15) is 11.1 Å². The van der Waals surface area contributed by atoms with E-state index >= 15 is 0 Å². The second kappa shape index (κ2) is 8.18. The number of hydrogen-bond donors (Lipinski definition) is 2. The minimum absolute atomic E-state index is 0.380. The van der Waals surface area contributed by atoms with E-state index < -0.39 is 5.91 Å². The van der Waals surface area contributed by atoms with Crippen molar-refractivity contribution in [1.82, 2.24) is 5.48 Å². The van der Waals surface area contributed by atoms with Crippen molar-refractivity contribution in [2.75, 3.05) is 7.11 Å². The van der Waals surface area contributed by atoms with Crippen molar-refractivity contribution in [3.05, 3.63) is 77.9 Å². The van der Waals surface area contributed by atoms with Crippen LogP contribution in [0.3, 0.4) is 0 Å². The second-order valence-corrected chi connectivity index (χ2v) is 5.68. The highest BCUT2D eigenvalue weighted by Gasteiger charge is 2.06. The summed E-state index contributed by atoms with van der Waals surface area (Å²) in [6, 6.07) is 19.6. The zero-order valence-electron chi connectivity index (χ0n) is 14.3.